The van der Waals surface area contributed by atoms with Gasteiger partial charge in [-0.25, -0.2) is 9.18 Å². The molecule has 1 saturated carbocycles. The molecule has 1 aliphatic carbocycles. The number of aromatic carboxylic acids is 1. The molecule has 0 bridgehead atoms. The molecule has 0 spiro atoms. The van der Waals surface area contributed by atoms with Crippen LogP contribution in [0.3, 0.4) is 0 Å². The van der Waals surface area contributed by atoms with Crippen LogP contribution in [0.25, 0.3) is 0 Å². The molecule has 3 nitrogen and oxygen atoms in total. The van der Waals surface area contributed by atoms with Crippen LogP contribution in [0.4, 0.5) is 10.1 Å². The summed E-state index contributed by atoms with van der Waals surface area (Å²) in [5, 5.41) is 9.26. The Morgan fingerprint density at radius 1 is 1.20 bits per heavy atom. The minimum Gasteiger partial charge on any atom is -0.478 e. The van der Waals surface area contributed by atoms with E-state index in [0.29, 0.717) is 5.92 Å². The van der Waals surface area contributed by atoms with E-state index in [0.717, 1.165) is 25.4 Å². The lowest BCUT2D eigenvalue weighted by Crippen LogP contribution is -2.42. The van der Waals surface area contributed by atoms with E-state index in [1.807, 2.05) is 4.90 Å². The average molecular weight is 277 g/mol. The number of para-hydroxylation sites is 1. The van der Waals surface area contributed by atoms with E-state index in [9.17, 15) is 14.3 Å². The Hall–Kier alpha value is -1.58. The van der Waals surface area contributed by atoms with Gasteiger partial charge in [-0.3, -0.25) is 0 Å². The summed E-state index contributed by atoms with van der Waals surface area (Å²) < 4.78 is 14.1. The van der Waals surface area contributed by atoms with Crippen molar-refractivity contribution in [2.24, 2.45) is 11.8 Å². The number of benzene rings is 1. The highest BCUT2D eigenvalue weighted by atomic mass is 19.1. The lowest BCUT2D eigenvalue weighted by atomic mass is 9.75. The Kier molecular flexibility index (Phi) is 3.64. The van der Waals surface area contributed by atoms with Crippen LogP contribution in [0.2, 0.25) is 0 Å². The standard InChI is InChI=1S/C16H20FNO2/c17-14-7-3-6-13(16(19)20)15(14)18-9-8-11-4-1-2-5-12(11)10-18/h3,6-7,11-12H,1-2,4-5,8-10H2,(H,19,20). The van der Waals surface area contributed by atoms with Crippen molar-refractivity contribution < 1.29 is 14.3 Å². The van der Waals surface area contributed by atoms with Gasteiger partial charge in [-0.15, -0.1) is 0 Å². The van der Waals surface area contributed by atoms with Gasteiger partial charge in [0.1, 0.15) is 5.82 Å². The molecule has 0 aromatic heterocycles. The average Bonchev–Trinajstić information content (AvgIpc) is 2.46. The topological polar surface area (TPSA) is 40.5 Å². The van der Waals surface area contributed by atoms with Gasteiger partial charge in [-0.1, -0.05) is 25.3 Å². The number of piperidine rings is 1. The minimum absolute atomic E-state index is 0.0826. The summed E-state index contributed by atoms with van der Waals surface area (Å²) in [6.07, 6.45) is 6.08. The summed E-state index contributed by atoms with van der Waals surface area (Å²) in [6.45, 7) is 1.56. The third kappa shape index (κ3) is 2.39. The maximum atomic E-state index is 14.1. The Balaban J connectivity index is 1.88. The SMILES string of the molecule is O=C(O)c1cccc(F)c1N1CCC2CCCCC2C1. The minimum atomic E-state index is -1.05. The number of hydrogen-bond acceptors (Lipinski definition) is 2. The molecule has 0 radical (unpaired) electrons. The second-order valence-corrected chi connectivity index (χ2v) is 5.98. The molecule has 2 unspecified atom stereocenters. The molecule has 20 heavy (non-hydrogen) atoms. The van der Waals surface area contributed by atoms with Crippen LogP contribution in [0.15, 0.2) is 18.2 Å². The smallest absolute Gasteiger partial charge is 0.337 e. The second-order valence-electron chi connectivity index (χ2n) is 5.98. The van der Waals surface area contributed by atoms with Gasteiger partial charge in [0.15, 0.2) is 0 Å². The normalized spacial score (nSPS) is 26.1. The highest BCUT2D eigenvalue weighted by Gasteiger charge is 2.33. The molecule has 1 aliphatic heterocycles. The van der Waals surface area contributed by atoms with Crippen molar-refractivity contribution in [3.8, 4) is 0 Å². The van der Waals surface area contributed by atoms with Crippen molar-refractivity contribution in [3.63, 3.8) is 0 Å². The van der Waals surface area contributed by atoms with Crippen LogP contribution in [0.5, 0.6) is 0 Å². The Labute approximate surface area is 118 Å². The van der Waals surface area contributed by atoms with Gasteiger partial charge < -0.3 is 10.0 Å². The van der Waals surface area contributed by atoms with Crippen LogP contribution >= 0.6 is 0 Å². The van der Waals surface area contributed by atoms with Gasteiger partial charge in [0.05, 0.1) is 11.3 Å². The molecule has 2 fully saturated rings. The summed E-state index contributed by atoms with van der Waals surface area (Å²) >= 11 is 0. The molecule has 1 N–H and O–H groups in total. The second kappa shape index (κ2) is 5.43. The molecular weight excluding hydrogens is 257 g/mol. The fraction of sp³-hybridized carbons (Fsp3) is 0.562. The summed E-state index contributed by atoms with van der Waals surface area (Å²) in [4.78, 5) is 13.3. The van der Waals surface area contributed by atoms with E-state index < -0.39 is 11.8 Å². The largest absolute Gasteiger partial charge is 0.478 e. The van der Waals surface area contributed by atoms with E-state index in [1.54, 1.807) is 0 Å². The Morgan fingerprint density at radius 3 is 2.70 bits per heavy atom. The highest BCUT2D eigenvalue weighted by molar-refractivity contribution is 5.94. The van der Waals surface area contributed by atoms with Crippen LogP contribution in [0.1, 0.15) is 42.5 Å². The fourth-order valence-electron chi connectivity index (χ4n) is 3.81. The zero-order chi connectivity index (χ0) is 14.1. The number of nitrogens with zero attached hydrogens (tertiary/aromatic N) is 1. The number of carboxylic acids is 1. The van der Waals surface area contributed by atoms with Crippen molar-refractivity contribution in [2.45, 2.75) is 32.1 Å². The number of carboxylic acid groups (broad SMARTS) is 1. The fourth-order valence-corrected chi connectivity index (χ4v) is 3.81. The molecule has 1 aromatic carbocycles. The van der Waals surface area contributed by atoms with Crippen molar-refractivity contribution in [1.82, 2.24) is 0 Å². The van der Waals surface area contributed by atoms with E-state index in [-0.39, 0.29) is 11.3 Å². The first-order chi connectivity index (χ1) is 9.66. The van der Waals surface area contributed by atoms with Crippen LogP contribution < -0.4 is 4.90 Å². The van der Waals surface area contributed by atoms with Gasteiger partial charge in [-0.05, 0) is 36.8 Å². The van der Waals surface area contributed by atoms with Crippen molar-refractivity contribution in [1.29, 1.82) is 0 Å². The predicted octanol–water partition coefficient (Wildman–Crippen LogP) is 3.54. The summed E-state index contributed by atoms with van der Waals surface area (Å²) in [5.41, 5.74) is 0.364. The first kappa shape index (κ1) is 13.4. The van der Waals surface area contributed by atoms with Crippen LogP contribution in [-0.4, -0.2) is 24.2 Å². The first-order valence-corrected chi connectivity index (χ1v) is 7.43. The van der Waals surface area contributed by atoms with Gasteiger partial charge in [-0.2, -0.15) is 0 Å². The van der Waals surface area contributed by atoms with E-state index in [4.69, 9.17) is 0 Å². The van der Waals surface area contributed by atoms with Gasteiger partial charge in [0.2, 0.25) is 0 Å². The molecular formula is C16H20FNO2. The monoisotopic (exact) mass is 277 g/mol. The summed E-state index contributed by atoms with van der Waals surface area (Å²) in [6, 6.07) is 4.32. The van der Waals surface area contributed by atoms with Gasteiger partial charge >= 0.3 is 5.97 Å². The number of carbonyl (C=O) groups is 1. The Bertz CT molecular complexity index is 517. The predicted molar refractivity (Wildman–Crippen MR) is 75.6 cm³/mol. The van der Waals surface area contributed by atoms with E-state index in [1.165, 1.54) is 43.9 Å². The third-order valence-electron chi connectivity index (χ3n) is 4.82. The zero-order valence-corrected chi connectivity index (χ0v) is 11.5. The first-order valence-electron chi connectivity index (χ1n) is 7.43. The maximum absolute atomic E-state index is 14.1. The molecule has 1 aromatic rings. The van der Waals surface area contributed by atoms with Crippen molar-refractivity contribution >= 4 is 11.7 Å². The van der Waals surface area contributed by atoms with Crippen LogP contribution in [0, 0.1) is 17.7 Å². The van der Waals surface area contributed by atoms with Crippen molar-refractivity contribution in [3.05, 3.63) is 29.6 Å². The molecule has 2 aliphatic rings. The zero-order valence-electron chi connectivity index (χ0n) is 11.5. The molecule has 1 saturated heterocycles. The molecule has 3 rings (SSSR count). The molecule has 108 valence electrons. The van der Waals surface area contributed by atoms with Gasteiger partial charge in [0, 0.05) is 13.1 Å². The molecule has 1 heterocycles. The molecule has 2 atom stereocenters. The number of fused-ring (bicyclic) bond motifs is 1. The van der Waals surface area contributed by atoms with Crippen molar-refractivity contribution in [2.75, 3.05) is 18.0 Å². The Morgan fingerprint density at radius 2 is 1.95 bits per heavy atom. The van der Waals surface area contributed by atoms with Gasteiger partial charge in [0.25, 0.3) is 0 Å². The molecule has 4 heteroatoms. The lowest BCUT2D eigenvalue weighted by molar-refractivity contribution is 0.0696. The summed E-state index contributed by atoms with van der Waals surface area (Å²) in [5.74, 6) is -0.122. The maximum Gasteiger partial charge on any atom is 0.337 e. The number of halogens is 1. The van der Waals surface area contributed by atoms with E-state index in [2.05, 4.69) is 0 Å². The number of rotatable bonds is 2. The quantitative estimate of drug-likeness (QED) is 0.899. The number of hydrogen-bond donors (Lipinski definition) is 1. The summed E-state index contributed by atoms with van der Waals surface area (Å²) in [7, 11) is 0. The molecule has 0 amide bonds. The lowest BCUT2D eigenvalue weighted by Gasteiger charge is -2.42. The highest BCUT2D eigenvalue weighted by Crippen LogP contribution is 2.38. The van der Waals surface area contributed by atoms with Crippen LogP contribution in [-0.2, 0) is 0 Å². The third-order valence-corrected chi connectivity index (χ3v) is 4.82. The van der Waals surface area contributed by atoms with E-state index >= 15 is 0 Å². The number of anilines is 1.